The highest BCUT2D eigenvalue weighted by Crippen LogP contribution is 2.59. The van der Waals surface area contributed by atoms with Crippen molar-refractivity contribution < 1.29 is 57.1 Å². The summed E-state index contributed by atoms with van der Waals surface area (Å²) in [5, 5.41) is 39.6. The molecule has 0 atom stereocenters. The predicted octanol–water partition coefficient (Wildman–Crippen LogP) is 13.4. The van der Waals surface area contributed by atoms with Crippen LogP contribution in [0.3, 0.4) is 0 Å². The van der Waals surface area contributed by atoms with Crippen LogP contribution in [0.4, 0.5) is 10.0 Å². The number of ether oxygens (including phenoxy) is 8. The van der Waals surface area contributed by atoms with Gasteiger partial charge in [0.1, 0.15) is 92.0 Å². The number of hydrogen-bond donors (Lipinski definition) is 0. The van der Waals surface area contributed by atoms with Crippen LogP contribution in [0, 0.1) is 45.3 Å². The molecule has 9 aromatic rings. The number of aromatic nitrogens is 2. The van der Waals surface area contributed by atoms with Gasteiger partial charge >= 0.3 is 35.1 Å². The van der Waals surface area contributed by atoms with E-state index in [-0.39, 0.29) is 115 Å². The van der Waals surface area contributed by atoms with Gasteiger partial charge in [-0.1, -0.05) is 135 Å². The van der Waals surface area contributed by atoms with Gasteiger partial charge in [-0.15, -0.1) is 45.3 Å². The van der Waals surface area contributed by atoms with Crippen LogP contribution in [0.1, 0.15) is 60.1 Å². The molecule has 2 aliphatic rings. The Labute approximate surface area is 530 Å². The third-order valence-corrected chi connectivity index (χ3v) is 18.1. The third-order valence-electron chi connectivity index (χ3n) is 13.6. The number of aliphatic imine (C=N–C) groups is 2. The largest absolute Gasteiger partial charge is 0.492 e. The minimum Gasteiger partial charge on any atom is -0.492 e. The van der Waals surface area contributed by atoms with Crippen molar-refractivity contribution in [1.29, 1.82) is 21.0 Å². The van der Waals surface area contributed by atoms with Crippen molar-refractivity contribution in [2.45, 2.75) is 64.3 Å². The molecule has 0 saturated carbocycles. The SMILES string of the molecule is CCCOc1cc(N=C(C#N)C#N)sc1-c1nc2c(s1)-c1cc3c(cc1C(C(=O)OCc1ccccc1)(C(=O)OCc1ccccc1)O2)-c1sc(-c2sc(N=C(C#N)C#N)cc2OCCC)nc1OC3(C(=O)OCc1ccccc1)C(=O)OCc1ccccc1. The predicted molar refractivity (Wildman–Crippen MR) is 333 cm³/mol. The highest BCUT2D eigenvalue weighted by molar-refractivity contribution is 7.26. The molecule has 6 heterocycles. The molecule has 90 heavy (non-hydrogen) atoms. The lowest BCUT2D eigenvalue weighted by Crippen LogP contribution is -2.54. The molecule has 0 radical (unpaired) electrons. The summed E-state index contributed by atoms with van der Waals surface area (Å²) in [4.78, 5) is 82.5. The zero-order chi connectivity index (χ0) is 62.8. The molecule has 0 bridgehead atoms. The number of fused-ring (bicyclic) bond motifs is 6. The van der Waals surface area contributed by atoms with Crippen LogP contribution < -0.4 is 18.9 Å². The van der Waals surface area contributed by atoms with Crippen LogP contribution in [0.15, 0.2) is 156 Å². The molecule has 2 aliphatic heterocycles. The van der Waals surface area contributed by atoms with Crippen LogP contribution in [0.5, 0.6) is 23.3 Å². The maximum atomic E-state index is 15.8. The molecule has 0 unspecified atom stereocenters. The van der Waals surface area contributed by atoms with Gasteiger partial charge in [0.15, 0.2) is 0 Å². The Hall–Kier alpha value is -10.9. The molecule has 4 aromatic heterocycles. The van der Waals surface area contributed by atoms with Crippen LogP contribution >= 0.6 is 45.3 Å². The van der Waals surface area contributed by atoms with Crippen molar-refractivity contribution in [2.24, 2.45) is 9.98 Å². The quantitative estimate of drug-likeness (QED) is 0.0264. The molecule has 24 heteroatoms. The van der Waals surface area contributed by atoms with Gasteiger partial charge in [0.05, 0.1) is 23.0 Å². The van der Waals surface area contributed by atoms with E-state index in [2.05, 4.69) is 9.98 Å². The number of nitrogens with zero attached hydrogens (tertiary/aromatic N) is 8. The van der Waals surface area contributed by atoms with Crippen molar-refractivity contribution in [3.63, 3.8) is 0 Å². The Kier molecular flexibility index (Phi) is 18.3. The average Bonchev–Trinajstić information content (AvgIpc) is 1.09. The smallest absolute Gasteiger partial charge is 0.367 e. The van der Waals surface area contributed by atoms with E-state index in [0.29, 0.717) is 44.8 Å². The molecular formula is C66H46N8O12S4. The van der Waals surface area contributed by atoms with Crippen molar-refractivity contribution in [2.75, 3.05) is 13.2 Å². The lowest BCUT2D eigenvalue weighted by molar-refractivity contribution is -0.185. The van der Waals surface area contributed by atoms with Gasteiger partial charge < -0.3 is 37.9 Å². The Morgan fingerprint density at radius 3 is 1.06 bits per heavy atom. The van der Waals surface area contributed by atoms with Crippen LogP contribution in [-0.2, 0) is 75.8 Å². The standard InChI is InChI=1S/C66H46N8O12S4/c1-3-25-79-49-29-51(71-43(31-67)32-68)87-55(49)59-73-57-53(89-59)45-27-48-46(28-47(45)65(85-57,61(75)81-35-39-17-9-5-10-18-39)62(76)82-36-40-19-11-6-12-20-40)54-58(74-60(90-54)56-50(80-26-4-2)30-52(88-56)72-44(33-69)34-70)86-66(48,63(77)83-37-41-21-13-7-14-22-41)64(78)84-38-42-23-15-8-16-24-42/h5-24,27-30H,3-4,25-26,35-38H2,1-2H3. The fourth-order valence-corrected chi connectivity index (χ4v) is 13.6. The molecule has 0 N–H and O–H groups in total. The Balaban J connectivity index is 1.20. The summed E-state index contributed by atoms with van der Waals surface area (Å²) < 4.78 is 50.7. The second-order valence-electron chi connectivity index (χ2n) is 19.7. The first-order valence-electron chi connectivity index (χ1n) is 27.7. The van der Waals surface area contributed by atoms with Gasteiger partial charge in [0.2, 0.25) is 23.2 Å². The van der Waals surface area contributed by atoms with E-state index in [0.717, 1.165) is 45.3 Å². The second-order valence-corrected chi connectivity index (χ2v) is 23.7. The normalized spacial score (nSPS) is 12.5. The maximum absolute atomic E-state index is 15.8. The van der Waals surface area contributed by atoms with E-state index < -0.39 is 46.5 Å². The number of esters is 4. The van der Waals surface area contributed by atoms with Gasteiger partial charge in [0.25, 0.3) is 0 Å². The number of carbonyl (C=O) groups excluding carboxylic acids is 4. The number of nitriles is 4. The maximum Gasteiger partial charge on any atom is 0.367 e. The Morgan fingerprint density at radius 2 is 0.767 bits per heavy atom. The van der Waals surface area contributed by atoms with Crippen LogP contribution in [0.25, 0.3) is 40.7 Å². The molecule has 0 amide bonds. The molecule has 20 nitrogen and oxygen atoms in total. The van der Waals surface area contributed by atoms with E-state index in [1.807, 2.05) is 13.8 Å². The van der Waals surface area contributed by atoms with Gasteiger partial charge in [0, 0.05) is 34.4 Å². The first-order chi connectivity index (χ1) is 43.9. The molecule has 446 valence electrons. The highest BCUT2D eigenvalue weighted by atomic mass is 32.1. The summed E-state index contributed by atoms with van der Waals surface area (Å²) in [6.07, 6.45) is 1.17. The number of thiophene rings is 2. The number of thiazole rings is 2. The monoisotopic (exact) mass is 1270 g/mol. The molecule has 0 spiro atoms. The second kappa shape index (κ2) is 27.0. The first-order valence-corrected chi connectivity index (χ1v) is 31.0. The average molecular weight is 1270 g/mol. The summed E-state index contributed by atoms with van der Waals surface area (Å²) in [5.74, 6) is -4.99. The minimum absolute atomic E-state index is 0.0174. The van der Waals surface area contributed by atoms with E-state index in [9.17, 15) is 21.0 Å². The summed E-state index contributed by atoms with van der Waals surface area (Å²) in [7, 11) is 0. The Bertz CT molecular complexity index is 4030. The molecular weight excluding hydrogens is 1230 g/mol. The molecule has 11 rings (SSSR count). The first kappa shape index (κ1) is 60.8. The number of benzene rings is 5. The van der Waals surface area contributed by atoms with Crippen molar-refractivity contribution in [3.8, 4) is 88.2 Å². The highest BCUT2D eigenvalue weighted by Gasteiger charge is 2.63. The van der Waals surface area contributed by atoms with Crippen LogP contribution in [-0.4, -0.2) is 58.5 Å². The summed E-state index contributed by atoms with van der Waals surface area (Å²) in [5.41, 5.74) is -4.76. The van der Waals surface area contributed by atoms with E-state index >= 15 is 19.2 Å². The lowest BCUT2D eigenvalue weighted by atomic mass is 9.79. The molecule has 0 aliphatic carbocycles. The Morgan fingerprint density at radius 1 is 0.456 bits per heavy atom. The summed E-state index contributed by atoms with van der Waals surface area (Å²) >= 11 is 4.11. The molecule has 0 fully saturated rings. The fourth-order valence-electron chi connectivity index (χ4n) is 9.46. The van der Waals surface area contributed by atoms with Gasteiger partial charge in [-0.05, 0) is 47.2 Å². The third kappa shape index (κ3) is 12.2. The van der Waals surface area contributed by atoms with E-state index in [1.165, 1.54) is 12.1 Å². The van der Waals surface area contributed by atoms with Crippen molar-refractivity contribution >= 4 is 90.6 Å². The van der Waals surface area contributed by atoms with Crippen molar-refractivity contribution in [3.05, 3.63) is 179 Å². The topological polar surface area (TPSA) is 288 Å². The number of carbonyl (C=O) groups is 4. The van der Waals surface area contributed by atoms with Gasteiger partial charge in [-0.2, -0.15) is 21.0 Å². The van der Waals surface area contributed by atoms with Crippen molar-refractivity contribution in [1.82, 2.24) is 9.97 Å². The fraction of sp³-hybridized carbons (Fsp3) is 0.182. The summed E-state index contributed by atoms with van der Waals surface area (Å²) in [6.45, 7) is 2.87. The molecule has 0 saturated heterocycles. The van der Waals surface area contributed by atoms with E-state index in [4.69, 9.17) is 47.9 Å². The zero-order valence-electron chi connectivity index (χ0n) is 47.6. The van der Waals surface area contributed by atoms with Gasteiger partial charge in [-0.3, -0.25) is 0 Å². The minimum atomic E-state index is -2.90. The molecule has 5 aromatic carbocycles. The lowest BCUT2D eigenvalue weighted by Gasteiger charge is -2.38. The number of hydrogen-bond acceptors (Lipinski definition) is 24. The van der Waals surface area contributed by atoms with Crippen LogP contribution in [0.2, 0.25) is 0 Å². The number of rotatable bonds is 22. The van der Waals surface area contributed by atoms with Gasteiger partial charge in [-0.25, -0.2) is 39.1 Å². The zero-order valence-corrected chi connectivity index (χ0v) is 50.9. The van der Waals surface area contributed by atoms with E-state index in [1.54, 1.807) is 158 Å². The summed E-state index contributed by atoms with van der Waals surface area (Å²) in [6, 6.07) is 48.0.